The third-order valence-electron chi connectivity index (χ3n) is 3.90. The zero-order chi connectivity index (χ0) is 18.8. The number of rotatable bonds is 7. The van der Waals surface area contributed by atoms with Crippen LogP contribution in [0, 0.1) is 0 Å². The number of carbonyl (C=O) groups excluding carboxylic acids is 1. The number of nitrogens with one attached hydrogen (secondary N) is 2. The smallest absolute Gasteiger partial charge is 0.221 e. The summed E-state index contributed by atoms with van der Waals surface area (Å²) in [6.45, 7) is 5.95. The second-order valence-electron chi connectivity index (χ2n) is 6.21. The van der Waals surface area contributed by atoms with E-state index in [0.29, 0.717) is 6.54 Å². The van der Waals surface area contributed by atoms with Gasteiger partial charge in [0.05, 0.1) is 0 Å². The van der Waals surface area contributed by atoms with Crippen LogP contribution >= 0.6 is 0 Å². The lowest BCUT2D eigenvalue weighted by Crippen LogP contribution is -2.38. The molecule has 0 atom stereocenters. The van der Waals surface area contributed by atoms with Crippen LogP contribution in [0.4, 0.5) is 5.69 Å². The van der Waals surface area contributed by atoms with Gasteiger partial charge in [-0.1, -0.05) is 42.5 Å². The zero-order valence-electron chi connectivity index (χ0n) is 15.8. The summed E-state index contributed by atoms with van der Waals surface area (Å²) in [5.74, 6) is 0.852. The van der Waals surface area contributed by atoms with Gasteiger partial charge in [-0.3, -0.25) is 9.79 Å². The molecule has 2 aromatic rings. The molecule has 0 heterocycles. The van der Waals surface area contributed by atoms with Gasteiger partial charge in [-0.15, -0.1) is 0 Å². The van der Waals surface area contributed by atoms with E-state index in [9.17, 15) is 4.79 Å². The Morgan fingerprint density at radius 1 is 1.04 bits per heavy atom. The number of guanidine groups is 1. The zero-order valence-corrected chi connectivity index (χ0v) is 15.8. The molecule has 2 N–H and O–H groups in total. The fourth-order valence-corrected chi connectivity index (χ4v) is 2.65. The highest BCUT2D eigenvalue weighted by atomic mass is 16.1. The van der Waals surface area contributed by atoms with Gasteiger partial charge in [0.15, 0.2) is 5.96 Å². The fourth-order valence-electron chi connectivity index (χ4n) is 2.65. The van der Waals surface area contributed by atoms with Crippen LogP contribution in [0.2, 0.25) is 0 Å². The maximum Gasteiger partial charge on any atom is 0.221 e. The maximum absolute atomic E-state index is 11.1. The summed E-state index contributed by atoms with van der Waals surface area (Å²) in [4.78, 5) is 17.9. The van der Waals surface area contributed by atoms with Crippen molar-refractivity contribution >= 4 is 17.6 Å². The van der Waals surface area contributed by atoms with Crippen molar-refractivity contribution in [2.45, 2.75) is 26.8 Å². The minimum absolute atomic E-state index is 0.0564. The average Bonchev–Trinajstić information content (AvgIpc) is 2.63. The molecule has 0 fully saturated rings. The first-order chi connectivity index (χ1) is 12.6. The van der Waals surface area contributed by atoms with E-state index in [1.54, 1.807) is 0 Å². The van der Waals surface area contributed by atoms with Crippen LogP contribution in [0.25, 0.3) is 0 Å². The summed E-state index contributed by atoms with van der Waals surface area (Å²) in [6, 6.07) is 18.3. The van der Waals surface area contributed by atoms with Crippen molar-refractivity contribution in [2.75, 3.05) is 25.5 Å². The van der Waals surface area contributed by atoms with Crippen molar-refractivity contribution in [1.82, 2.24) is 10.2 Å². The van der Waals surface area contributed by atoms with E-state index in [0.717, 1.165) is 31.2 Å². The minimum atomic E-state index is -0.0564. The molecule has 0 aromatic heterocycles. The van der Waals surface area contributed by atoms with Crippen molar-refractivity contribution in [2.24, 2.45) is 4.99 Å². The Labute approximate surface area is 156 Å². The van der Waals surface area contributed by atoms with Crippen LogP contribution in [-0.2, 0) is 17.8 Å². The first-order valence-electron chi connectivity index (χ1n) is 8.98. The van der Waals surface area contributed by atoms with Gasteiger partial charge in [0.1, 0.15) is 0 Å². The normalized spacial score (nSPS) is 11.1. The third kappa shape index (κ3) is 6.59. The second-order valence-corrected chi connectivity index (χ2v) is 6.21. The molecule has 5 nitrogen and oxygen atoms in total. The number of anilines is 1. The van der Waals surface area contributed by atoms with Gasteiger partial charge >= 0.3 is 0 Å². The van der Waals surface area contributed by atoms with E-state index < -0.39 is 0 Å². The number of nitrogens with zero attached hydrogens (tertiary/aromatic N) is 2. The van der Waals surface area contributed by atoms with Gasteiger partial charge in [-0.2, -0.15) is 0 Å². The Bertz CT molecular complexity index is 711. The van der Waals surface area contributed by atoms with Gasteiger partial charge in [0, 0.05) is 39.3 Å². The Balaban J connectivity index is 1.92. The molecule has 0 bridgehead atoms. The Hall–Kier alpha value is -2.82. The highest BCUT2D eigenvalue weighted by molar-refractivity contribution is 5.88. The first-order valence-corrected chi connectivity index (χ1v) is 8.98. The third-order valence-corrected chi connectivity index (χ3v) is 3.90. The number of benzene rings is 2. The van der Waals surface area contributed by atoms with Crippen LogP contribution in [0.5, 0.6) is 0 Å². The number of hydrogen-bond donors (Lipinski definition) is 2. The summed E-state index contributed by atoms with van der Waals surface area (Å²) >= 11 is 0. The number of hydrogen-bond acceptors (Lipinski definition) is 2. The van der Waals surface area contributed by atoms with E-state index in [-0.39, 0.29) is 5.91 Å². The van der Waals surface area contributed by atoms with E-state index in [1.807, 2.05) is 30.3 Å². The quantitative estimate of drug-likeness (QED) is 0.594. The van der Waals surface area contributed by atoms with Crippen molar-refractivity contribution in [3.05, 3.63) is 65.7 Å². The molecule has 2 aromatic carbocycles. The molecule has 26 heavy (non-hydrogen) atoms. The Morgan fingerprint density at radius 2 is 1.73 bits per heavy atom. The molecule has 1 amide bonds. The lowest BCUT2D eigenvalue weighted by atomic mass is 10.1. The average molecular weight is 352 g/mol. The van der Waals surface area contributed by atoms with E-state index in [2.05, 4.69) is 53.8 Å². The molecule has 138 valence electrons. The van der Waals surface area contributed by atoms with Gasteiger partial charge < -0.3 is 15.5 Å². The number of carbonyl (C=O) groups is 1. The molecule has 0 spiro atoms. The SMILES string of the molecule is CCNC(=NCCc1ccc(NC(C)=O)cc1)N(C)Cc1ccccc1. The molecule has 2 rings (SSSR count). The van der Waals surface area contributed by atoms with E-state index >= 15 is 0 Å². The molecule has 0 unspecified atom stereocenters. The molecule has 0 saturated heterocycles. The number of amides is 1. The van der Waals surface area contributed by atoms with Crippen molar-refractivity contribution < 1.29 is 4.79 Å². The van der Waals surface area contributed by atoms with Crippen molar-refractivity contribution in [3.63, 3.8) is 0 Å². The lowest BCUT2D eigenvalue weighted by Gasteiger charge is -2.22. The molecular weight excluding hydrogens is 324 g/mol. The van der Waals surface area contributed by atoms with Crippen LogP contribution in [-0.4, -0.2) is 36.9 Å². The van der Waals surface area contributed by atoms with Gasteiger partial charge in [0.25, 0.3) is 0 Å². The Kier molecular flexibility index (Phi) is 7.68. The number of aliphatic imine (C=N–C) groups is 1. The summed E-state index contributed by atoms with van der Waals surface area (Å²) in [5, 5.41) is 6.13. The van der Waals surface area contributed by atoms with Crippen LogP contribution in [0.3, 0.4) is 0 Å². The second kappa shape index (κ2) is 10.2. The van der Waals surface area contributed by atoms with Gasteiger partial charge in [-0.05, 0) is 36.6 Å². The van der Waals surface area contributed by atoms with Crippen LogP contribution in [0.1, 0.15) is 25.0 Å². The predicted molar refractivity (Wildman–Crippen MR) is 108 cm³/mol. The highest BCUT2D eigenvalue weighted by Crippen LogP contribution is 2.10. The van der Waals surface area contributed by atoms with E-state index in [1.165, 1.54) is 18.1 Å². The van der Waals surface area contributed by atoms with E-state index in [4.69, 9.17) is 4.99 Å². The molecule has 5 heteroatoms. The topological polar surface area (TPSA) is 56.7 Å². The predicted octanol–water partition coefficient (Wildman–Crippen LogP) is 3.29. The summed E-state index contributed by atoms with van der Waals surface area (Å²) in [6.07, 6.45) is 0.856. The summed E-state index contributed by atoms with van der Waals surface area (Å²) in [7, 11) is 2.05. The molecule has 0 aliphatic carbocycles. The summed E-state index contributed by atoms with van der Waals surface area (Å²) < 4.78 is 0. The molecular formula is C21H28N4O. The first kappa shape index (κ1) is 19.5. The standard InChI is InChI=1S/C21H28N4O/c1-4-22-21(25(3)16-19-8-6-5-7-9-19)23-15-14-18-10-12-20(13-11-18)24-17(2)26/h5-13H,4,14-16H2,1-3H3,(H,22,23)(H,24,26). The molecule has 0 aliphatic rings. The van der Waals surface area contributed by atoms with Crippen LogP contribution in [0.15, 0.2) is 59.6 Å². The largest absolute Gasteiger partial charge is 0.357 e. The molecule has 0 saturated carbocycles. The summed E-state index contributed by atoms with van der Waals surface area (Å²) in [5.41, 5.74) is 3.28. The van der Waals surface area contributed by atoms with Crippen LogP contribution < -0.4 is 10.6 Å². The molecule has 0 aliphatic heterocycles. The van der Waals surface area contributed by atoms with Crippen molar-refractivity contribution in [3.8, 4) is 0 Å². The highest BCUT2D eigenvalue weighted by Gasteiger charge is 2.06. The minimum Gasteiger partial charge on any atom is -0.357 e. The fraction of sp³-hybridized carbons (Fsp3) is 0.333. The maximum atomic E-state index is 11.1. The Morgan fingerprint density at radius 3 is 2.35 bits per heavy atom. The van der Waals surface area contributed by atoms with Crippen molar-refractivity contribution in [1.29, 1.82) is 0 Å². The lowest BCUT2D eigenvalue weighted by molar-refractivity contribution is -0.114. The van der Waals surface area contributed by atoms with Gasteiger partial charge in [-0.25, -0.2) is 0 Å². The molecule has 0 radical (unpaired) electrons. The van der Waals surface area contributed by atoms with Gasteiger partial charge in [0.2, 0.25) is 5.91 Å². The monoisotopic (exact) mass is 352 g/mol.